The number of benzene rings is 3. The molecule has 0 aliphatic rings. The molecule has 0 fully saturated rings. The number of anilines is 1. The smallest absolute Gasteiger partial charge is 0.265 e. The second-order valence-electron chi connectivity index (χ2n) is 7.06. The highest BCUT2D eigenvalue weighted by atomic mass is 32.2. The van der Waals surface area contributed by atoms with Crippen molar-refractivity contribution < 1.29 is 17.9 Å². The maximum absolute atomic E-state index is 12.5. The van der Waals surface area contributed by atoms with Gasteiger partial charge in [-0.25, -0.2) is 13.1 Å². The summed E-state index contributed by atoms with van der Waals surface area (Å²) in [7, 11) is -3.54. The zero-order valence-electron chi connectivity index (χ0n) is 17.5. The molecule has 0 saturated heterocycles. The van der Waals surface area contributed by atoms with Gasteiger partial charge in [-0.05, 0) is 60.9 Å². The molecule has 2 N–H and O–H groups in total. The van der Waals surface area contributed by atoms with E-state index in [1.165, 1.54) is 12.1 Å². The summed E-state index contributed by atoms with van der Waals surface area (Å²) in [6, 6.07) is 23.6. The molecule has 0 saturated carbocycles. The zero-order chi connectivity index (χ0) is 22.3. The second kappa shape index (κ2) is 10.2. The minimum absolute atomic E-state index is 0.154. The van der Waals surface area contributed by atoms with Crippen LogP contribution < -0.4 is 14.8 Å². The molecule has 0 radical (unpaired) electrons. The molecule has 1 atom stereocenters. The van der Waals surface area contributed by atoms with Gasteiger partial charge in [0.1, 0.15) is 5.75 Å². The maximum Gasteiger partial charge on any atom is 0.265 e. The molecule has 0 heterocycles. The summed E-state index contributed by atoms with van der Waals surface area (Å²) in [6.07, 6.45) is -0.0162. The lowest BCUT2D eigenvalue weighted by Crippen LogP contribution is -2.30. The molecule has 0 spiro atoms. The largest absolute Gasteiger partial charge is 0.481 e. The molecular formula is C24H26N2O4S. The second-order valence-corrected chi connectivity index (χ2v) is 8.83. The standard InChI is InChI=1S/C24H26N2O4S/c1-3-17-25-31(28,29)23-15-11-21(12-16-23)26-24(27)18(2)30-22-13-9-20(10-14-22)19-7-5-4-6-8-19/h4-16,18,25H,3,17H2,1-2H3,(H,26,27). The van der Waals surface area contributed by atoms with E-state index in [0.29, 0.717) is 24.4 Å². The minimum atomic E-state index is -3.54. The summed E-state index contributed by atoms with van der Waals surface area (Å²) in [5.41, 5.74) is 2.66. The van der Waals surface area contributed by atoms with Crippen molar-refractivity contribution in [2.24, 2.45) is 0 Å². The first-order valence-electron chi connectivity index (χ1n) is 10.1. The molecule has 0 bridgehead atoms. The van der Waals surface area contributed by atoms with Gasteiger partial charge in [0, 0.05) is 12.2 Å². The highest BCUT2D eigenvalue weighted by Crippen LogP contribution is 2.23. The van der Waals surface area contributed by atoms with Crippen molar-refractivity contribution >= 4 is 21.6 Å². The number of rotatable bonds is 9. The molecule has 1 amide bonds. The molecular weight excluding hydrogens is 412 g/mol. The fraction of sp³-hybridized carbons (Fsp3) is 0.208. The van der Waals surface area contributed by atoms with Crippen molar-refractivity contribution in [1.82, 2.24) is 4.72 Å². The number of carbonyl (C=O) groups excluding carboxylic acids is 1. The van der Waals surface area contributed by atoms with Crippen molar-refractivity contribution in [2.75, 3.05) is 11.9 Å². The van der Waals surface area contributed by atoms with Gasteiger partial charge in [-0.2, -0.15) is 0 Å². The van der Waals surface area contributed by atoms with E-state index in [1.54, 1.807) is 19.1 Å². The molecule has 3 rings (SSSR count). The van der Waals surface area contributed by atoms with E-state index in [0.717, 1.165) is 11.1 Å². The first-order valence-corrected chi connectivity index (χ1v) is 11.6. The predicted octanol–water partition coefficient (Wildman–Crippen LogP) is 4.45. The van der Waals surface area contributed by atoms with Crippen LogP contribution in [0.15, 0.2) is 83.8 Å². The van der Waals surface area contributed by atoms with Gasteiger partial charge in [0.05, 0.1) is 4.90 Å². The molecule has 6 nitrogen and oxygen atoms in total. The Morgan fingerprint density at radius 1 is 0.903 bits per heavy atom. The van der Waals surface area contributed by atoms with Crippen LogP contribution in [-0.4, -0.2) is 27.0 Å². The van der Waals surface area contributed by atoms with Gasteiger partial charge in [0.25, 0.3) is 5.91 Å². The van der Waals surface area contributed by atoms with E-state index in [2.05, 4.69) is 10.0 Å². The number of hydrogen-bond acceptors (Lipinski definition) is 4. The van der Waals surface area contributed by atoms with Crippen LogP contribution in [-0.2, 0) is 14.8 Å². The fourth-order valence-electron chi connectivity index (χ4n) is 2.90. The first-order chi connectivity index (χ1) is 14.9. The van der Waals surface area contributed by atoms with Crippen LogP contribution in [0.2, 0.25) is 0 Å². The van der Waals surface area contributed by atoms with Crippen LogP contribution in [0.1, 0.15) is 20.3 Å². The maximum atomic E-state index is 12.5. The summed E-state index contributed by atoms with van der Waals surface area (Å²) in [4.78, 5) is 12.6. The van der Waals surface area contributed by atoms with Gasteiger partial charge in [-0.15, -0.1) is 0 Å². The molecule has 7 heteroatoms. The van der Waals surface area contributed by atoms with E-state index in [1.807, 2.05) is 61.5 Å². The van der Waals surface area contributed by atoms with E-state index in [9.17, 15) is 13.2 Å². The Morgan fingerprint density at radius 3 is 2.13 bits per heavy atom. The lowest BCUT2D eigenvalue weighted by atomic mass is 10.1. The lowest BCUT2D eigenvalue weighted by Gasteiger charge is -2.15. The number of ether oxygens (including phenoxy) is 1. The highest BCUT2D eigenvalue weighted by Gasteiger charge is 2.16. The van der Waals surface area contributed by atoms with Crippen LogP contribution in [0.3, 0.4) is 0 Å². The summed E-state index contributed by atoms with van der Waals surface area (Å²) >= 11 is 0. The summed E-state index contributed by atoms with van der Waals surface area (Å²) < 4.78 is 32.5. The lowest BCUT2D eigenvalue weighted by molar-refractivity contribution is -0.122. The molecule has 162 valence electrons. The van der Waals surface area contributed by atoms with Crippen LogP contribution in [0.5, 0.6) is 5.75 Å². The Kier molecular flexibility index (Phi) is 7.44. The fourth-order valence-corrected chi connectivity index (χ4v) is 4.03. The van der Waals surface area contributed by atoms with E-state index in [4.69, 9.17) is 4.74 Å². The average Bonchev–Trinajstić information content (AvgIpc) is 2.79. The Hall–Kier alpha value is -3.16. The molecule has 1 unspecified atom stereocenters. The summed E-state index contributed by atoms with van der Waals surface area (Å²) in [6.45, 7) is 3.93. The van der Waals surface area contributed by atoms with Crippen LogP contribution >= 0.6 is 0 Å². The normalized spacial score (nSPS) is 12.2. The van der Waals surface area contributed by atoms with Gasteiger partial charge in [-0.3, -0.25) is 4.79 Å². The Bertz CT molecular complexity index is 1100. The molecule has 31 heavy (non-hydrogen) atoms. The van der Waals surface area contributed by atoms with E-state index >= 15 is 0 Å². The monoisotopic (exact) mass is 438 g/mol. The Balaban J connectivity index is 1.58. The highest BCUT2D eigenvalue weighted by molar-refractivity contribution is 7.89. The quantitative estimate of drug-likeness (QED) is 0.517. The number of amides is 1. The molecule has 0 aliphatic heterocycles. The van der Waals surface area contributed by atoms with Crippen LogP contribution in [0.4, 0.5) is 5.69 Å². The third kappa shape index (κ3) is 6.16. The van der Waals surface area contributed by atoms with Crippen molar-refractivity contribution in [1.29, 1.82) is 0 Å². The van der Waals surface area contributed by atoms with Gasteiger partial charge in [0.15, 0.2) is 6.10 Å². The summed E-state index contributed by atoms with van der Waals surface area (Å²) in [5, 5.41) is 2.74. The van der Waals surface area contributed by atoms with Gasteiger partial charge in [0.2, 0.25) is 10.0 Å². The Morgan fingerprint density at radius 2 is 1.52 bits per heavy atom. The van der Waals surface area contributed by atoms with Gasteiger partial charge < -0.3 is 10.1 Å². The van der Waals surface area contributed by atoms with E-state index < -0.39 is 16.1 Å². The summed E-state index contributed by atoms with van der Waals surface area (Å²) in [5.74, 6) is 0.262. The van der Waals surface area contributed by atoms with Crippen molar-refractivity contribution in [3.05, 3.63) is 78.9 Å². The van der Waals surface area contributed by atoms with E-state index in [-0.39, 0.29) is 10.8 Å². The van der Waals surface area contributed by atoms with Crippen molar-refractivity contribution in [3.63, 3.8) is 0 Å². The van der Waals surface area contributed by atoms with Crippen LogP contribution in [0, 0.1) is 0 Å². The average molecular weight is 439 g/mol. The molecule has 3 aromatic carbocycles. The van der Waals surface area contributed by atoms with Gasteiger partial charge >= 0.3 is 0 Å². The zero-order valence-corrected chi connectivity index (χ0v) is 18.4. The van der Waals surface area contributed by atoms with Crippen LogP contribution in [0.25, 0.3) is 11.1 Å². The minimum Gasteiger partial charge on any atom is -0.481 e. The number of hydrogen-bond donors (Lipinski definition) is 2. The molecule has 0 aromatic heterocycles. The molecule has 3 aromatic rings. The van der Waals surface area contributed by atoms with Crippen molar-refractivity contribution in [3.8, 4) is 16.9 Å². The third-order valence-electron chi connectivity index (χ3n) is 4.62. The SMILES string of the molecule is CCCNS(=O)(=O)c1ccc(NC(=O)C(C)Oc2ccc(-c3ccccc3)cc2)cc1. The molecule has 0 aliphatic carbocycles. The van der Waals surface area contributed by atoms with Gasteiger partial charge in [-0.1, -0.05) is 49.4 Å². The first kappa shape index (κ1) is 22.5. The van der Waals surface area contributed by atoms with Crippen molar-refractivity contribution in [2.45, 2.75) is 31.3 Å². The Labute approximate surface area is 183 Å². The number of sulfonamides is 1. The number of nitrogens with one attached hydrogen (secondary N) is 2. The number of carbonyl (C=O) groups is 1. The topological polar surface area (TPSA) is 84.5 Å². The third-order valence-corrected chi connectivity index (χ3v) is 6.09. The predicted molar refractivity (Wildman–Crippen MR) is 123 cm³/mol.